The van der Waals surface area contributed by atoms with Crippen LogP contribution in [0.15, 0.2) is 36.7 Å². The van der Waals surface area contributed by atoms with Crippen molar-refractivity contribution in [3.63, 3.8) is 0 Å². The van der Waals surface area contributed by atoms with Crippen molar-refractivity contribution in [2.24, 2.45) is 0 Å². The number of likely N-dealkylation sites (tertiary alicyclic amines) is 1. The average Bonchev–Trinajstić information content (AvgIpc) is 3.62. The number of aliphatic hydroxyl groups is 1. The van der Waals surface area contributed by atoms with Crippen LogP contribution in [-0.4, -0.2) is 74.2 Å². The van der Waals surface area contributed by atoms with Gasteiger partial charge in [0.1, 0.15) is 5.82 Å². The summed E-state index contributed by atoms with van der Waals surface area (Å²) in [6.07, 6.45) is 11.7. The number of pyridine rings is 1. The van der Waals surface area contributed by atoms with E-state index in [2.05, 4.69) is 38.1 Å². The number of fused-ring (bicyclic) bond motifs is 4. The van der Waals surface area contributed by atoms with Crippen LogP contribution in [0.2, 0.25) is 0 Å². The Balaban J connectivity index is 1.09. The van der Waals surface area contributed by atoms with Crippen molar-refractivity contribution in [1.29, 1.82) is 0 Å². The van der Waals surface area contributed by atoms with Crippen LogP contribution in [0.25, 0.3) is 22.0 Å². The van der Waals surface area contributed by atoms with Crippen LogP contribution in [0.3, 0.4) is 0 Å². The number of nitrogens with zero attached hydrogens (tertiary/aromatic N) is 4. The van der Waals surface area contributed by atoms with Gasteiger partial charge >= 0.3 is 0 Å². The second-order valence-corrected chi connectivity index (χ2v) is 12.3. The molecule has 3 aliphatic carbocycles. The standard InChI is InChI=1S/C30H38N6O3/c31-27-25(28(37)34-29-6-9-30(38,10-7-29)11-8-29)16-21(17-32-27)20-1-2-26-22(15-20)18-33-36(26)24-3-12-35(19-24)23-4-13-39-14-5-23/h1-2,15-18,23-24,38H,3-14,19H2,(H2,31,32)(H,34,37)/t24-,29?,30?/m0/s1. The van der Waals surface area contributed by atoms with Crippen LogP contribution in [0.1, 0.15) is 74.2 Å². The van der Waals surface area contributed by atoms with Gasteiger partial charge in [-0.15, -0.1) is 0 Å². The average molecular weight is 531 g/mol. The third kappa shape index (κ3) is 4.60. The number of amides is 1. The summed E-state index contributed by atoms with van der Waals surface area (Å²) < 4.78 is 7.74. The molecule has 9 heteroatoms. The number of nitrogens with two attached hydrogens (primary N) is 1. The van der Waals surface area contributed by atoms with Crippen molar-refractivity contribution in [2.45, 2.75) is 81.0 Å². The molecule has 2 bridgehead atoms. The molecule has 5 aliphatic rings. The van der Waals surface area contributed by atoms with Gasteiger partial charge in [-0.05, 0) is 81.5 Å². The Bertz CT molecular complexity index is 1370. The van der Waals surface area contributed by atoms with Gasteiger partial charge in [0.2, 0.25) is 0 Å². The number of ether oxygens (including phenoxy) is 1. The Morgan fingerprint density at radius 3 is 2.54 bits per heavy atom. The SMILES string of the molecule is Nc1ncc(-c2ccc3c(cnn3[C@H]3CCN(C4CCOCC4)C3)c2)cc1C(=O)NC12CCC(O)(CC1)CC2. The van der Waals surface area contributed by atoms with Gasteiger partial charge in [0.05, 0.1) is 28.9 Å². The number of rotatable bonds is 5. The van der Waals surface area contributed by atoms with Crippen LogP contribution in [0.5, 0.6) is 0 Å². The number of hydrogen-bond acceptors (Lipinski definition) is 7. The second kappa shape index (κ2) is 9.57. The van der Waals surface area contributed by atoms with E-state index in [1.165, 1.54) is 0 Å². The van der Waals surface area contributed by atoms with Crippen LogP contribution in [0, 0.1) is 0 Å². The van der Waals surface area contributed by atoms with Gasteiger partial charge in [0.25, 0.3) is 5.91 Å². The summed E-state index contributed by atoms with van der Waals surface area (Å²) in [6, 6.07) is 9.20. The van der Waals surface area contributed by atoms with E-state index in [-0.39, 0.29) is 17.3 Å². The summed E-state index contributed by atoms with van der Waals surface area (Å²) in [5.74, 6) is 0.0541. The minimum absolute atomic E-state index is 0.182. The lowest BCUT2D eigenvalue weighted by molar-refractivity contribution is -0.0702. The molecule has 1 amide bonds. The maximum absolute atomic E-state index is 13.4. The number of carbonyl (C=O) groups is 1. The van der Waals surface area contributed by atoms with Gasteiger partial charge in [0.15, 0.2) is 0 Å². The Morgan fingerprint density at radius 2 is 1.77 bits per heavy atom. The van der Waals surface area contributed by atoms with Crippen molar-refractivity contribution in [2.75, 3.05) is 32.0 Å². The molecule has 0 unspecified atom stereocenters. The molecule has 0 radical (unpaired) electrons. The van der Waals surface area contributed by atoms with E-state index < -0.39 is 5.60 Å². The van der Waals surface area contributed by atoms with Crippen molar-refractivity contribution in [3.05, 3.63) is 42.2 Å². The zero-order chi connectivity index (χ0) is 26.6. The van der Waals surface area contributed by atoms with Gasteiger partial charge in [-0.25, -0.2) is 4.98 Å². The normalized spacial score (nSPS) is 29.7. The van der Waals surface area contributed by atoms with Gasteiger partial charge < -0.3 is 20.9 Å². The maximum atomic E-state index is 13.4. The van der Waals surface area contributed by atoms with Crippen molar-refractivity contribution in [3.8, 4) is 11.1 Å². The van der Waals surface area contributed by atoms with Crippen LogP contribution in [-0.2, 0) is 4.74 Å². The zero-order valence-electron chi connectivity index (χ0n) is 22.4. The molecule has 3 saturated carbocycles. The Kier molecular flexibility index (Phi) is 6.13. The molecule has 2 aliphatic heterocycles. The highest BCUT2D eigenvalue weighted by Gasteiger charge is 2.48. The zero-order valence-corrected chi connectivity index (χ0v) is 22.4. The fourth-order valence-corrected chi connectivity index (χ4v) is 7.35. The maximum Gasteiger partial charge on any atom is 0.255 e. The highest BCUT2D eigenvalue weighted by atomic mass is 16.5. The second-order valence-electron chi connectivity index (χ2n) is 12.3. The molecule has 2 aromatic heterocycles. The predicted octanol–water partition coefficient (Wildman–Crippen LogP) is 3.67. The fourth-order valence-electron chi connectivity index (χ4n) is 7.35. The van der Waals surface area contributed by atoms with E-state index in [0.29, 0.717) is 17.6 Å². The third-order valence-corrected chi connectivity index (χ3v) is 9.93. The monoisotopic (exact) mass is 530 g/mol. The van der Waals surface area contributed by atoms with Crippen molar-refractivity contribution < 1.29 is 14.6 Å². The molecule has 8 rings (SSSR count). The number of anilines is 1. The lowest BCUT2D eigenvalue weighted by Crippen LogP contribution is -2.58. The molecule has 9 nitrogen and oxygen atoms in total. The first-order valence-electron chi connectivity index (χ1n) is 14.5. The minimum Gasteiger partial charge on any atom is -0.390 e. The van der Waals surface area contributed by atoms with Crippen LogP contribution >= 0.6 is 0 Å². The number of hydrogen-bond donors (Lipinski definition) is 3. The molecule has 3 aromatic rings. The molecule has 0 spiro atoms. The molecular weight excluding hydrogens is 492 g/mol. The van der Waals surface area contributed by atoms with Gasteiger partial charge in [-0.2, -0.15) is 5.10 Å². The van der Waals surface area contributed by atoms with Gasteiger partial charge in [-0.3, -0.25) is 14.4 Å². The molecule has 1 aromatic carbocycles. The highest BCUT2D eigenvalue weighted by Crippen LogP contribution is 2.47. The molecular formula is C30H38N6O3. The van der Waals surface area contributed by atoms with Crippen LogP contribution in [0.4, 0.5) is 5.82 Å². The number of nitrogen functional groups attached to an aromatic ring is 1. The topological polar surface area (TPSA) is 119 Å². The third-order valence-electron chi connectivity index (χ3n) is 9.93. The first-order chi connectivity index (χ1) is 18.9. The molecule has 4 heterocycles. The minimum atomic E-state index is -0.540. The first-order valence-corrected chi connectivity index (χ1v) is 14.5. The number of carbonyl (C=O) groups excluding carboxylic acids is 1. The van der Waals surface area contributed by atoms with E-state index in [1.807, 2.05) is 12.3 Å². The summed E-state index contributed by atoms with van der Waals surface area (Å²) in [5, 5.41) is 19.7. The lowest BCUT2D eigenvalue weighted by Gasteiger charge is -2.51. The molecule has 206 valence electrons. The Morgan fingerprint density at radius 1 is 1.00 bits per heavy atom. The van der Waals surface area contributed by atoms with E-state index in [9.17, 15) is 9.90 Å². The fraction of sp³-hybridized carbons (Fsp3) is 0.567. The van der Waals surface area contributed by atoms with Crippen LogP contribution < -0.4 is 11.1 Å². The molecule has 5 fully saturated rings. The predicted molar refractivity (Wildman–Crippen MR) is 149 cm³/mol. The molecule has 1 atom stereocenters. The van der Waals surface area contributed by atoms with Crippen molar-refractivity contribution in [1.82, 2.24) is 25.0 Å². The quantitative estimate of drug-likeness (QED) is 0.461. The van der Waals surface area contributed by atoms with Gasteiger partial charge in [0, 0.05) is 55.0 Å². The highest BCUT2D eigenvalue weighted by molar-refractivity contribution is 6.00. The number of nitrogens with one attached hydrogen (secondary N) is 1. The van der Waals surface area contributed by atoms with E-state index in [0.717, 1.165) is 106 Å². The lowest BCUT2D eigenvalue weighted by atomic mass is 9.63. The Hall–Kier alpha value is -3.01. The van der Waals surface area contributed by atoms with Gasteiger partial charge in [-0.1, -0.05) is 6.07 Å². The summed E-state index contributed by atoms with van der Waals surface area (Å²) in [6.45, 7) is 3.88. The summed E-state index contributed by atoms with van der Waals surface area (Å²) in [4.78, 5) is 20.4. The molecule has 39 heavy (non-hydrogen) atoms. The first kappa shape index (κ1) is 25.0. The summed E-state index contributed by atoms with van der Waals surface area (Å²) in [5.41, 5.74) is 8.77. The number of aromatic nitrogens is 3. The molecule has 4 N–H and O–H groups in total. The number of benzene rings is 1. The smallest absolute Gasteiger partial charge is 0.255 e. The summed E-state index contributed by atoms with van der Waals surface area (Å²) in [7, 11) is 0. The van der Waals surface area contributed by atoms with E-state index in [1.54, 1.807) is 6.20 Å². The largest absolute Gasteiger partial charge is 0.390 e. The Labute approximate surface area is 228 Å². The van der Waals surface area contributed by atoms with Crippen molar-refractivity contribution >= 4 is 22.6 Å². The molecule has 2 saturated heterocycles. The van der Waals surface area contributed by atoms with E-state index >= 15 is 0 Å². The summed E-state index contributed by atoms with van der Waals surface area (Å²) >= 11 is 0. The van der Waals surface area contributed by atoms with E-state index in [4.69, 9.17) is 15.6 Å².